The molecule has 0 atom stereocenters. The third-order valence-corrected chi connectivity index (χ3v) is 7.12. The maximum atomic E-state index is 14.0. The van der Waals surface area contributed by atoms with Gasteiger partial charge in [-0.2, -0.15) is 0 Å². The molecule has 1 amide bonds. The Kier molecular flexibility index (Phi) is 7.02. The Morgan fingerprint density at radius 1 is 1.14 bits per heavy atom. The van der Waals surface area contributed by atoms with E-state index in [-0.39, 0.29) is 23.9 Å². The Morgan fingerprint density at radius 2 is 1.89 bits per heavy atom. The molecule has 9 heteroatoms. The molecule has 1 aliphatic heterocycles. The minimum Gasteiger partial charge on any atom is -0.497 e. The number of piperidine rings is 1. The smallest absolute Gasteiger partial charge is 0.228 e. The number of amides is 1. The predicted octanol–water partition coefficient (Wildman–Crippen LogP) is 6.39. The average molecular weight is 556 g/mol. The molecule has 1 saturated heterocycles. The summed E-state index contributed by atoms with van der Waals surface area (Å²) in [6.07, 6.45) is 1.23. The van der Waals surface area contributed by atoms with Crippen molar-refractivity contribution in [3.05, 3.63) is 76.3 Å². The molecule has 0 spiro atoms. The summed E-state index contributed by atoms with van der Waals surface area (Å²) in [6.45, 7) is 1.38. The van der Waals surface area contributed by atoms with Crippen LogP contribution in [0.15, 0.2) is 63.5 Å². The number of rotatable bonds is 6. The van der Waals surface area contributed by atoms with Crippen LogP contribution in [0.2, 0.25) is 0 Å². The number of aromatic nitrogens is 1. The lowest BCUT2D eigenvalue weighted by molar-refractivity contribution is -0.121. The zero-order valence-corrected chi connectivity index (χ0v) is 21.1. The van der Waals surface area contributed by atoms with Gasteiger partial charge < -0.3 is 14.5 Å². The SMILES string of the molecule is COc1ccc(-c2nc3ccc(NC(=O)C4CCN(Cc5c(F)cccc5F)CC4)cc3o2)c(Br)c1. The zero-order valence-electron chi connectivity index (χ0n) is 19.6. The monoisotopic (exact) mass is 555 g/mol. The summed E-state index contributed by atoms with van der Waals surface area (Å²) in [6, 6.07) is 14.8. The number of oxazole rings is 1. The molecule has 36 heavy (non-hydrogen) atoms. The molecule has 4 aromatic rings. The molecule has 2 heterocycles. The normalized spacial score (nSPS) is 14.8. The molecule has 0 unspecified atom stereocenters. The number of halogens is 3. The number of methoxy groups -OCH3 is 1. The minimum absolute atomic E-state index is 0.0711. The summed E-state index contributed by atoms with van der Waals surface area (Å²) >= 11 is 3.53. The van der Waals surface area contributed by atoms with E-state index in [1.807, 2.05) is 23.1 Å². The van der Waals surface area contributed by atoms with Gasteiger partial charge in [0, 0.05) is 34.3 Å². The molecule has 5 rings (SSSR count). The molecule has 0 radical (unpaired) electrons. The van der Waals surface area contributed by atoms with Crippen molar-refractivity contribution in [1.29, 1.82) is 0 Å². The summed E-state index contributed by atoms with van der Waals surface area (Å²) in [4.78, 5) is 19.4. The third kappa shape index (κ3) is 5.12. The quantitative estimate of drug-likeness (QED) is 0.298. The molecule has 0 saturated carbocycles. The molecule has 1 fully saturated rings. The first-order valence-electron chi connectivity index (χ1n) is 11.6. The Labute approximate surface area is 215 Å². The van der Waals surface area contributed by atoms with Gasteiger partial charge in [0.1, 0.15) is 22.9 Å². The number of nitrogens with zero attached hydrogens (tertiary/aromatic N) is 2. The predicted molar refractivity (Wildman–Crippen MR) is 137 cm³/mol. The van der Waals surface area contributed by atoms with Crippen LogP contribution in [0.4, 0.5) is 14.5 Å². The number of benzene rings is 3. The van der Waals surface area contributed by atoms with Crippen LogP contribution >= 0.6 is 15.9 Å². The number of carbonyl (C=O) groups is 1. The second-order valence-electron chi connectivity index (χ2n) is 8.79. The van der Waals surface area contributed by atoms with Gasteiger partial charge in [0.05, 0.1) is 12.7 Å². The minimum atomic E-state index is -0.541. The van der Waals surface area contributed by atoms with E-state index in [1.54, 1.807) is 25.3 Å². The van der Waals surface area contributed by atoms with E-state index in [4.69, 9.17) is 9.15 Å². The molecular weight excluding hydrogens is 532 g/mol. The summed E-state index contributed by atoms with van der Waals surface area (Å²) in [5.74, 6) is -0.161. The van der Waals surface area contributed by atoms with Gasteiger partial charge >= 0.3 is 0 Å². The summed E-state index contributed by atoms with van der Waals surface area (Å²) in [5.41, 5.74) is 2.73. The van der Waals surface area contributed by atoms with Gasteiger partial charge in [-0.3, -0.25) is 9.69 Å². The number of anilines is 1. The molecule has 1 N–H and O–H groups in total. The Balaban J connectivity index is 1.22. The van der Waals surface area contributed by atoms with Crippen LogP contribution in [0.1, 0.15) is 18.4 Å². The first kappa shape index (κ1) is 24.4. The lowest BCUT2D eigenvalue weighted by Gasteiger charge is -2.31. The van der Waals surface area contributed by atoms with Crippen LogP contribution in [0.5, 0.6) is 5.75 Å². The highest BCUT2D eigenvalue weighted by Crippen LogP contribution is 2.33. The molecule has 1 aliphatic rings. The molecule has 0 aliphatic carbocycles. The van der Waals surface area contributed by atoms with Crippen LogP contribution in [0.3, 0.4) is 0 Å². The first-order chi connectivity index (χ1) is 17.4. The lowest BCUT2D eigenvalue weighted by Crippen LogP contribution is -2.38. The van der Waals surface area contributed by atoms with Crippen molar-refractivity contribution in [2.24, 2.45) is 5.92 Å². The molecule has 6 nitrogen and oxygen atoms in total. The maximum absolute atomic E-state index is 14.0. The Morgan fingerprint density at radius 3 is 2.58 bits per heavy atom. The Bertz CT molecular complexity index is 1400. The van der Waals surface area contributed by atoms with Crippen LogP contribution in [0.25, 0.3) is 22.6 Å². The summed E-state index contributed by atoms with van der Waals surface area (Å²) in [7, 11) is 1.60. The second-order valence-corrected chi connectivity index (χ2v) is 9.64. The highest BCUT2D eigenvalue weighted by molar-refractivity contribution is 9.10. The average Bonchev–Trinajstić information content (AvgIpc) is 3.29. The third-order valence-electron chi connectivity index (χ3n) is 6.46. The van der Waals surface area contributed by atoms with E-state index in [9.17, 15) is 13.6 Å². The van der Waals surface area contributed by atoms with Crippen LogP contribution in [0, 0.1) is 17.6 Å². The number of likely N-dealkylation sites (tertiary alicyclic amines) is 1. The fourth-order valence-electron chi connectivity index (χ4n) is 4.42. The van der Waals surface area contributed by atoms with E-state index in [2.05, 4.69) is 26.2 Å². The standard InChI is InChI=1S/C27H24BrF2N3O3/c1-35-18-6-7-19(21(28)14-18)27-32-24-8-5-17(13-25(24)36-27)31-26(34)16-9-11-33(12-10-16)15-20-22(29)3-2-4-23(20)30/h2-8,13-14,16H,9-12,15H2,1H3,(H,31,34). The second kappa shape index (κ2) is 10.4. The van der Waals surface area contributed by atoms with Crippen molar-refractivity contribution < 1.29 is 22.7 Å². The number of hydrogen-bond donors (Lipinski definition) is 1. The van der Waals surface area contributed by atoms with Crippen molar-refractivity contribution in [2.75, 3.05) is 25.5 Å². The van der Waals surface area contributed by atoms with E-state index in [0.29, 0.717) is 48.6 Å². The molecule has 1 aromatic heterocycles. The lowest BCUT2D eigenvalue weighted by atomic mass is 9.95. The number of hydrogen-bond acceptors (Lipinski definition) is 5. The molecule has 0 bridgehead atoms. The van der Waals surface area contributed by atoms with Gasteiger partial charge in [-0.1, -0.05) is 6.07 Å². The van der Waals surface area contributed by atoms with Crippen molar-refractivity contribution in [1.82, 2.24) is 9.88 Å². The topological polar surface area (TPSA) is 67.6 Å². The van der Waals surface area contributed by atoms with Gasteiger partial charge in [-0.25, -0.2) is 13.8 Å². The summed E-state index contributed by atoms with van der Waals surface area (Å²) in [5, 5.41) is 2.97. The molecular formula is C27H24BrF2N3O3. The number of carbonyl (C=O) groups excluding carboxylic acids is 1. The van der Waals surface area contributed by atoms with Gasteiger partial charge in [-0.15, -0.1) is 0 Å². The molecule has 186 valence electrons. The van der Waals surface area contributed by atoms with Crippen LogP contribution in [-0.4, -0.2) is 36.0 Å². The fourth-order valence-corrected chi connectivity index (χ4v) is 4.95. The molecule has 3 aromatic carbocycles. The van der Waals surface area contributed by atoms with Gasteiger partial charge in [0.2, 0.25) is 11.8 Å². The van der Waals surface area contributed by atoms with Gasteiger partial charge in [-0.05, 0) is 84.3 Å². The van der Waals surface area contributed by atoms with Gasteiger partial charge in [0.25, 0.3) is 0 Å². The summed E-state index contributed by atoms with van der Waals surface area (Å²) < 4.78 is 39.9. The van der Waals surface area contributed by atoms with E-state index < -0.39 is 11.6 Å². The van der Waals surface area contributed by atoms with Crippen molar-refractivity contribution in [3.8, 4) is 17.2 Å². The fraction of sp³-hybridized carbons (Fsp3) is 0.259. The van der Waals surface area contributed by atoms with E-state index in [0.717, 1.165) is 15.8 Å². The van der Waals surface area contributed by atoms with Crippen molar-refractivity contribution >= 4 is 38.6 Å². The number of fused-ring (bicyclic) bond motifs is 1. The zero-order chi connectivity index (χ0) is 25.2. The van der Waals surface area contributed by atoms with Crippen molar-refractivity contribution in [3.63, 3.8) is 0 Å². The highest BCUT2D eigenvalue weighted by atomic mass is 79.9. The largest absolute Gasteiger partial charge is 0.497 e. The van der Waals surface area contributed by atoms with Crippen LogP contribution in [-0.2, 0) is 11.3 Å². The van der Waals surface area contributed by atoms with E-state index >= 15 is 0 Å². The maximum Gasteiger partial charge on any atom is 0.228 e. The highest BCUT2D eigenvalue weighted by Gasteiger charge is 2.26. The van der Waals surface area contributed by atoms with Gasteiger partial charge in [0.15, 0.2) is 5.58 Å². The van der Waals surface area contributed by atoms with E-state index in [1.165, 1.54) is 18.2 Å². The van der Waals surface area contributed by atoms with Crippen LogP contribution < -0.4 is 10.1 Å². The Hall–Kier alpha value is -3.30. The number of ether oxygens (including phenoxy) is 1. The van der Waals surface area contributed by atoms with Crippen molar-refractivity contribution in [2.45, 2.75) is 19.4 Å². The first-order valence-corrected chi connectivity index (χ1v) is 12.4. The number of nitrogens with one attached hydrogen (secondary N) is 1.